The third kappa shape index (κ3) is 7.71. The zero-order valence-corrected chi connectivity index (χ0v) is 18.6. The van der Waals surface area contributed by atoms with Crippen LogP contribution < -0.4 is 15.4 Å². The lowest BCUT2D eigenvalue weighted by molar-refractivity contribution is -0.120. The standard InChI is InChI=1S/C20H26N4O5S2/c25-18(6-7-24-8-10-29-11-9-24)23-17-4-1-3-16(13-17)14-21-19(26)15-22-31(27,28)20-5-2-12-30-20/h1-5,12-13,22H,6-11,14-15H2,(H,21,26)(H,23,25). The van der Waals surface area contributed by atoms with E-state index in [-0.39, 0.29) is 23.2 Å². The van der Waals surface area contributed by atoms with Crippen molar-refractivity contribution in [3.63, 3.8) is 0 Å². The minimum Gasteiger partial charge on any atom is -0.379 e. The van der Waals surface area contributed by atoms with Crippen LogP contribution in [-0.4, -0.2) is 64.5 Å². The molecule has 0 bridgehead atoms. The third-order valence-corrected chi connectivity index (χ3v) is 7.44. The van der Waals surface area contributed by atoms with Gasteiger partial charge in [0, 0.05) is 38.3 Å². The monoisotopic (exact) mass is 466 g/mol. The van der Waals surface area contributed by atoms with Gasteiger partial charge in [-0.1, -0.05) is 18.2 Å². The van der Waals surface area contributed by atoms with Crippen LogP contribution >= 0.6 is 11.3 Å². The van der Waals surface area contributed by atoms with Crippen molar-refractivity contribution < 1.29 is 22.7 Å². The molecule has 3 rings (SSSR count). The maximum Gasteiger partial charge on any atom is 0.250 e. The molecule has 1 aliphatic rings. The Morgan fingerprint density at radius 3 is 2.65 bits per heavy atom. The summed E-state index contributed by atoms with van der Waals surface area (Å²) in [5.74, 6) is -0.518. The molecule has 2 heterocycles. The number of benzene rings is 1. The summed E-state index contributed by atoms with van der Waals surface area (Å²) in [4.78, 5) is 26.4. The van der Waals surface area contributed by atoms with E-state index in [0.717, 1.165) is 30.0 Å². The number of sulfonamides is 1. The molecule has 9 nitrogen and oxygen atoms in total. The zero-order valence-electron chi connectivity index (χ0n) is 17.0. The first-order valence-electron chi connectivity index (χ1n) is 9.91. The summed E-state index contributed by atoms with van der Waals surface area (Å²) in [7, 11) is -3.68. The first-order valence-corrected chi connectivity index (χ1v) is 12.3. The molecule has 2 aromatic rings. The second kappa shape index (κ2) is 11.3. The van der Waals surface area contributed by atoms with Crippen LogP contribution in [0.15, 0.2) is 46.0 Å². The van der Waals surface area contributed by atoms with Gasteiger partial charge in [-0.15, -0.1) is 11.3 Å². The Labute approximate surface area is 185 Å². The van der Waals surface area contributed by atoms with Gasteiger partial charge in [0.1, 0.15) is 4.21 Å². The normalized spacial score (nSPS) is 14.8. The van der Waals surface area contributed by atoms with Gasteiger partial charge in [-0.2, -0.15) is 0 Å². The van der Waals surface area contributed by atoms with Crippen molar-refractivity contribution in [3.8, 4) is 0 Å². The van der Waals surface area contributed by atoms with Gasteiger partial charge in [-0.25, -0.2) is 13.1 Å². The fraction of sp³-hybridized carbons (Fsp3) is 0.400. The highest BCUT2D eigenvalue weighted by Gasteiger charge is 2.16. The number of nitrogens with zero attached hydrogens (tertiary/aromatic N) is 1. The molecule has 0 saturated carbocycles. The molecule has 1 aliphatic heterocycles. The molecule has 1 fully saturated rings. The number of morpholine rings is 1. The molecular weight excluding hydrogens is 440 g/mol. The zero-order chi connectivity index (χ0) is 22.1. The van der Waals surface area contributed by atoms with Crippen molar-refractivity contribution >= 4 is 38.9 Å². The molecule has 0 spiro atoms. The summed E-state index contributed by atoms with van der Waals surface area (Å²) in [5.41, 5.74) is 1.44. The minimum atomic E-state index is -3.68. The molecule has 11 heteroatoms. The first kappa shape index (κ1) is 23.4. The summed E-state index contributed by atoms with van der Waals surface area (Å²) in [6.45, 7) is 3.63. The summed E-state index contributed by atoms with van der Waals surface area (Å²) in [6.07, 6.45) is 0.394. The van der Waals surface area contributed by atoms with Gasteiger partial charge < -0.3 is 15.4 Å². The molecule has 1 aromatic carbocycles. The van der Waals surface area contributed by atoms with Crippen LogP contribution in [0.4, 0.5) is 5.69 Å². The Kier molecular flexibility index (Phi) is 8.55. The lowest BCUT2D eigenvalue weighted by atomic mass is 10.2. The van der Waals surface area contributed by atoms with Crippen LogP contribution in [0.1, 0.15) is 12.0 Å². The highest BCUT2D eigenvalue weighted by atomic mass is 32.2. The van der Waals surface area contributed by atoms with Gasteiger partial charge in [-0.05, 0) is 29.1 Å². The molecule has 31 heavy (non-hydrogen) atoms. The highest BCUT2D eigenvalue weighted by molar-refractivity contribution is 7.91. The second-order valence-corrected chi connectivity index (χ2v) is 9.93. The predicted octanol–water partition coefficient (Wildman–Crippen LogP) is 1.00. The van der Waals surface area contributed by atoms with Crippen LogP contribution in [0.2, 0.25) is 0 Å². The number of rotatable bonds is 10. The number of ether oxygens (including phenoxy) is 1. The fourth-order valence-electron chi connectivity index (χ4n) is 2.98. The number of nitrogens with one attached hydrogen (secondary N) is 3. The summed E-state index contributed by atoms with van der Waals surface area (Å²) in [5, 5.41) is 7.20. The molecule has 0 radical (unpaired) electrons. The minimum absolute atomic E-state index is 0.0735. The van der Waals surface area contributed by atoms with Gasteiger partial charge in [0.05, 0.1) is 19.8 Å². The predicted molar refractivity (Wildman–Crippen MR) is 118 cm³/mol. The summed E-state index contributed by atoms with van der Waals surface area (Å²) in [6, 6.07) is 10.3. The number of carbonyl (C=O) groups excluding carboxylic acids is 2. The van der Waals surface area contributed by atoms with Crippen molar-refractivity contribution in [2.45, 2.75) is 17.2 Å². The van der Waals surface area contributed by atoms with E-state index in [1.54, 1.807) is 29.6 Å². The maximum atomic E-state index is 12.2. The Bertz CT molecular complexity index is 973. The number of carbonyl (C=O) groups is 2. The molecular formula is C20H26N4O5S2. The van der Waals surface area contributed by atoms with Crippen LogP contribution in [0.3, 0.4) is 0 Å². The van der Waals surface area contributed by atoms with E-state index in [2.05, 4.69) is 20.3 Å². The molecule has 3 N–H and O–H groups in total. The quantitative estimate of drug-likeness (QED) is 0.481. The van der Waals surface area contributed by atoms with E-state index in [4.69, 9.17) is 4.74 Å². The number of anilines is 1. The Morgan fingerprint density at radius 1 is 1.10 bits per heavy atom. The average Bonchev–Trinajstić information content (AvgIpc) is 3.32. The highest BCUT2D eigenvalue weighted by Crippen LogP contribution is 2.15. The molecule has 1 aromatic heterocycles. The van der Waals surface area contributed by atoms with Gasteiger partial charge >= 0.3 is 0 Å². The van der Waals surface area contributed by atoms with E-state index < -0.39 is 15.9 Å². The molecule has 2 amide bonds. The van der Waals surface area contributed by atoms with Gasteiger partial charge in [-0.3, -0.25) is 14.5 Å². The Hall–Kier alpha value is -2.31. The van der Waals surface area contributed by atoms with Gasteiger partial charge in [0.2, 0.25) is 11.8 Å². The van der Waals surface area contributed by atoms with Crippen molar-refractivity contribution in [1.82, 2.24) is 14.9 Å². The van der Waals surface area contributed by atoms with Crippen molar-refractivity contribution in [2.24, 2.45) is 0 Å². The Balaban J connectivity index is 1.41. The summed E-state index contributed by atoms with van der Waals surface area (Å²) >= 11 is 1.08. The smallest absolute Gasteiger partial charge is 0.250 e. The van der Waals surface area contributed by atoms with E-state index in [0.29, 0.717) is 31.9 Å². The lowest BCUT2D eigenvalue weighted by Crippen LogP contribution is -2.38. The lowest BCUT2D eigenvalue weighted by Gasteiger charge is -2.26. The maximum absolute atomic E-state index is 12.2. The SMILES string of the molecule is O=C(CNS(=O)(=O)c1cccs1)NCc1cccc(NC(=O)CCN2CCOCC2)c1. The van der Waals surface area contributed by atoms with Crippen molar-refractivity contribution in [2.75, 3.05) is 44.7 Å². The van der Waals surface area contributed by atoms with Crippen LogP contribution in [0.5, 0.6) is 0 Å². The number of hydrogen-bond donors (Lipinski definition) is 3. The van der Waals surface area contributed by atoms with Gasteiger partial charge in [0.15, 0.2) is 0 Å². The van der Waals surface area contributed by atoms with E-state index in [1.165, 1.54) is 6.07 Å². The van der Waals surface area contributed by atoms with Crippen molar-refractivity contribution in [1.29, 1.82) is 0 Å². The molecule has 0 aliphatic carbocycles. The summed E-state index contributed by atoms with van der Waals surface area (Å²) < 4.78 is 31.8. The van der Waals surface area contributed by atoms with Crippen LogP contribution in [-0.2, 0) is 30.9 Å². The second-order valence-electron chi connectivity index (χ2n) is 6.99. The number of hydrogen-bond acceptors (Lipinski definition) is 7. The Morgan fingerprint density at radius 2 is 1.90 bits per heavy atom. The average molecular weight is 467 g/mol. The van der Waals surface area contributed by atoms with E-state index >= 15 is 0 Å². The largest absolute Gasteiger partial charge is 0.379 e. The van der Waals surface area contributed by atoms with Crippen molar-refractivity contribution in [3.05, 3.63) is 47.3 Å². The fourth-order valence-corrected chi connectivity index (χ4v) is 5.00. The number of amides is 2. The first-order chi connectivity index (χ1) is 14.9. The van der Waals surface area contributed by atoms with Gasteiger partial charge in [0.25, 0.3) is 10.0 Å². The van der Waals surface area contributed by atoms with Crippen LogP contribution in [0, 0.1) is 0 Å². The van der Waals surface area contributed by atoms with Crippen LogP contribution in [0.25, 0.3) is 0 Å². The molecule has 168 valence electrons. The van der Waals surface area contributed by atoms with E-state index in [1.807, 2.05) is 6.07 Å². The molecule has 0 unspecified atom stereocenters. The topological polar surface area (TPSA) is 117 Å². The van der Waals surface area contributed by atoms with E-state index in [9.17, 15) is 18.0 Å². The number of thiophene rings is 1. The molecule has 1 saturated heterocycles. The molecule has 0 atom stereocenters. The third-order valence-electron chi connectivity index (χ3n) is 4.64.